The zero-order chi connectivity index (χ0) is 10.2. The van der Waals surface area contributed by atoms with Gasteiger partial charge in [-0.05, 0) is 11.8 Å². The highest BCUT2D eigenvalue weighted by Crippen LogP contribution is 2.37. The van der Waals surface area contributed by atoms with E-state index in [0.717, 1.165) is 0 Å². The van der Waals surface area contributed by atoms with Crippen LogP contribution in [0.5, 0.6) is 0 Å². The predicted octanol–water partition coefficient (Wildman–Crippen LogP) is 1.67. The molecule has 1 saturated heterocycles. The molecule has 2 N–H and O–H groups in total. The van der Waals surface area contributed by atoms with Crippen molar-refractivity contribution in [3.63, 3.8) is 0 Å². The largest absolute Gasteiger partial charge is 0.368 e. The topological polar surface area (TPSA) is 55.3 Å². The van der Waals surface area contributed by atoms with Crippen molar-refractivity contribution in [2.24, 2.45) is 0 Å². The summed E-state index contributed by atoms with van der Waals surface area (Å²) in [7, 11) is 0. The highest BCUT2D eigenvalue weighted by Gasteiger charge is 2.38. The molecule has 1 aliphatic heterocycles. The van der Waals surface area contributed by atoms with Gasteiger partial charge in [0.15, 0.2) is 5.67 Å². The maximum Gasteiger partial charge on any atom is 0.222 e. The van der Waals surface area contributed by atoms with E-state index in [9.17, 15) is 4.39 Å². The second-order valence-corrected chi connectivity index (χ2v) is 3.97. The van der Waals surface area contributed by atoms with Gasteiger partial charge in [-0.1, -0.05) is 5.16 Å². The van der Waals surface area contributed by atoms with Crippen LogP contribution in [0.3, 0.4) is 0 Å². The number of nitrogen functional groups attached to an aromatic ring is 1. The minimum Gasteiger partial charge on any atom is -0.368 e. The van der Waals surface area contributed by atoms with Crippen molar-refractivity contribution in [3.05, 3.63) is 11.8 Å². The first-order chi connectivity index (χ1) is 6.60. The fourth-order valence-corrected chi connectivity index (χ4v) is 1.76. The average molecular weight is 220 g/mol. The quantitative estimate of drug-likeness (QED) is 0.730. The van der Waals surface area contributed by atoms with Crippen LogP contribution < -0.4 is 5.73 Å². The first-order valence-corrected chi connectivity index (χ1v) is 4.76. The summed E-state index contributed by atoms with van der Waals surface area (Å²) in [6, 6.07) is 1.43. The molecule has 0 spiro atoms. The molecule has 0 atom stereocenters. The third kappa shape index (κ3) is 1.69. The Labute approximate surface area is 85.9 Å². The second-order valence-electron chi connectivity index (χ2n) is 3.49. The maximum atomic E-state index is 14.2. The lowest BCUT2D eigenvalue weighted by atomic mass is 9.91. The molecule has 0 saturated carbocycles. The molecular weight excluding hydrogens is 209 g/mol. The third-order valence-electron chi connectivity index (χ3n) is 2.49. The number of piperidine rings is 1. The average Bonchev–Trinajstić information content (AvgIpc) is 2.58. The van der Waals surface area contributed by atoms with Gasteiger partial charge in [0.1, 0.15) is 5.69 Å². The van der Waals surface area contributed by atoms with Gasteiger partial charge < -0.3 is 10.3 Å². The number of hydrogen-bond acceptors (Lipinski definition) is 4. The number of aromatic nitrogens is 1. The first-order valence-electron chi connectivity index (χ1n) is 4.42. The monoisotopic (exact) mass is 219 g/mol. The van der Waals surface area contributed by atoms with E-state index >= 15 is 0 Å². The third-order valence-corrected chi connectivity index (χ3v) is 2.83. The number of halogens is 2. The Kier molecular flexibility index (Phi) is 2.36. The minimum absolute atomic E-state index is 0.144. The molecule has 1 aromatic rings. The van der Waals surface area contributed by atoms with Crippen LogP contribution in [-0.4, -0.2) is 22.7 Å². The van der Waals surface area contributed by atoms with E-state index in [-0.39, 0.29) is 11.6 Å². The van der Waals surface area contributed by atoms with Gasteiger partial charge in [0.05, 0.1) is 0 Å². The van der Waals surface area contributed by atoms with Crippen molar-refractivity contribution in [1.82, 2.24) is 9.58 Å². The molecule has 1 aromatic heterocycles. The molecule has 1 aliphatic rings. The Bertz CT molecular complexity index is 322. The van der Waals surface area contributed by atoms with Crippen molar-refractivity contribution in [1.29, 1.82) is 0 Å². The summed E-state index contributed by atoms with van der Waals surface area (Å²) in [5, 5.41) is 3.60. The summed E-state index contributed by atoms with van der Waals surface area (Å²) >= 11 is 5.73. The highest BCUT2D eigenvalue weighted by atomic mass is 35.5. The van der Waals surface area contributed by atoms with Crippen LogP contribution in [0.15, 0.2) is 10.6 Å². The van der Waals surface area contributed by atoms with Crippen molar-refractivity contribution < 1.29 is 8.91 Å². The van der Waals surface area contributed by atoms with Crippen LogP contribution in [0.2, 0.25) is 0 Å². The van der Waals surface area contributed by atoms with Gasteiger partial charge in [0.25, 0.3) is 0 Å². The Hall–Kier alpha value is -0.810. The summed E-state index contributed by atoms with van der Waals surface area (Å²) in [6.07, 6.45) is 0.644. The summed E-state index contributed by atoms with van der Waals surface area (Å²) in [6.45, 7) is 1.01. The molecule has 0 aromatic carbocycles. The Morgan fingerprint density at radius 1 is 1.57 bits per heavy atom. The number of rotatable bonds is 1. The summed E-state index contributed by atoms with van der Waals surface area (Å²) in [4.78, 5) is 0. The van der Waals surface area contributed by atoms with Crippen molar-refractivity contribution in [2.45, 2.75) is 18.5 Å². The van der Waals surface area contributed by atoms with Crippen LogP contribution in [-0.2, 0) is 5.67 Å². The fourth-order valence-electron chi connectivity index (χ4n) is 1.59. The van der Waals surface area contributed by atoms with Crippen LogP contribution in [0.4, 0.5) is 10.3 Å². The molecule has 6 heteroatoms. The maximum absolute atomic E-state index is 14.2. The number of nitrogens with two attached hydrogens (primary N) is 1. The molecular formula is C8H11ClFN3O. The van der Waals surface area contributed by atoms with Gasteiger partial charge in [0.2, 0.25) is 5.88 Å². The standard InChI is InChI=1S/C8H11ClFN3O/c9-13-3-1-8(10,2-4-13)6-5-7(11)14-12-6/h5H,1-4,11H2. The van der Waals surface area contributed by atoms with Gasteiger partial charge in [0, 0.05) is 32.0 Å². The first kappa shape index (κ1) is 9.73. The molecule has 1 fully saturated rings. The van der Waals surface area contributed by atoms with E-state index in [1.165, 1.54) is 6.07 Å². The van der Waals surface area contributed by atoms with Crippen LogP contribution in [0.1, 0.15) is 18.5 Å². The lowest BCUT2D eigenvalue weighted by Gasteiger charge is -2.31. The van der Waals surface area contributed by atoms with Gasteiger partial charge in [-0.3, -0.25) is 0 Å². The number of nitrogens with zero attached hydrogens (tertiary/aromatic N) is 2. The van der Waals surface area contributed by atoms with Gasteiger partial charge in [-0.2, -0.15) is 0 Å². The number of alkyl halides is 1. The van der Waals surface area contributed by atoms with Crippen LogP contribution >= 0.6 is 11.8 Å². The van der Waals surface area contributed by atoms with Gasteiger partial charge in [-0.15, -0.1) is 0 Å². The Balaban J connectivity index is 2.16. The van der Waals surface area contributed by atoms with Crippen LogP contribution in [0.25, 0.3) is 0 Å². The van der Waals surface area contributed by atoms with E-state index in [2.05, 4.69) is 9.68 Å². The molecule has 2 heterocycles. The molecule has 0 aliphatic carbocycles. The van der Waals surface area contributed by atoms with Gasteiger partial charge in [-0.25, -0.2) is 8.81 Å². The van der Waals surface area contributed by atoms with Crippen LogP contribution in [0, 0.1) is 0 Å². The molecule has 0 radical (unpaired) electrons. The van der Waals surface area contributed by atoms with Gasteiger partial charge >= 0.3 is 0 Å². The summed E-state index contributed by atoms with van der Waals surface area (Å²) in [5.74, 6) is 0.144. The smallest absolute Gasteiger partial charge is 0.222 e. The minimum atomic E-state index is -1.44. The molecule has 2 rings (SSSR count). The lowest BCUT2D eigenvalue weighted by molar-refractivity contribution is 0.0796. The molecule has 14 heavy (non-hydrogen) atoms. The van der Waals surface area contributed by atoms with Crippen molar-refractivity contribution in [3.8, 4) is 0 Å². The zero-order valence-corrected chi connectivity index (χ0v) is 8.30. The normalized spacial score (nSPS) is 22.4. The highest BCUT2D eigenvalue weighted by molar-refractivity contribution is 6.13. The molecule has 4 nitrogen and oxygen atoms in total. The van der Waals surface area contributed by atoms with E-state index in [1.807, 2.05) is 0 Å². The molecule has 0 amide bonds. The van der Waals surface area contributed by atoms with E-state index in [0.29, 0.717) is 25.9 Å². The summed E-state index contributed by atoms with van der Waals surface area (Å²) in [5.41, 5.74) is 4.18. The SMILES string of the molecule is Nc1cc(C2(F)CCN(Cl)CC2)no1. The summed E-state index contributed by atoms with van der Waals surface area (Å²) < 4.78 is 20.4. The fraction of sp³-hybridized carbons (Fsp3) is 0.625. The number of anilines is 1. The van der Waals surface area contributed by atoms with Crippen molar-refractivity contribution in [2.75, 3.05) is 18.8 Å². The molecule has 0 bridgehead atoms. The predicted molar refractivity (Wildman–Crippen MR) is 50.4 cm³/mol. The van der Waals surface area contributed by atoms with E-state index in [4.69, 9.17) is 17.5 Å². The Morgan fingerprint density at radius 3 is 2.71 bits per heavy atom. The molecule has 78 valence electrons. The van der Waals surface area contributed by atoms with E-state index in [1.54, 1.807) is 4.42 Å². The number of hydrogen-bond donors (Lipinski definition) is 1. The zero-order valence-electron chi connectivity index (χ0n) is 7.54. The molecule has 0 unspecified atom stereocenters. The van der Waals surface area contributed by atoms with Crippen molar-refractivity contribution >= 4 is 17.7 Å². The van der Waals surface area contributed by atoms with E-state index < -0.39 is 5.67 Å². The Morgan fingerprint density at radius 2 is 2.21 bits per heavy atom. The lowest BCUT2D eigenvalue weighted by Crippen LogP contribution is -2.35. The second kappa shape index (κ2) is 3.40.